The second-order valence-corrected chi connectivity index (χ2v) is 3.10. The fourth-order valence-corrected chi connectivity index (χ4v) is 1.52. The summed E-state index contributed by atoms with van der Waals surface area (Å²) >= 11 is 0. The largest absolute Gasteiger partial charge is 0.481 e. The van der Waals surface area contributed by atoms with E-state index in [1.807, 2.05) is 18.3 Å². The summed E-state index contributed by atoms with van der Waals surface area (Å²) in [5, 5.41) is 1.12. The third-order valence-corrected chi connectivity index (χ3v) is 2.22. The van der Waals surface area contributed by atoms with Crippen LogP contribution in [0.5, 0.6) is 5.88 Å². The molecule has 0 aliphatic rings. The van der Waals surface area contributed by atoms with Crippen LogP contribution in [0, 0.1) is 0 Å². The molecule has 0 fully saturated rings. The predicted octanol–water partition coefficient (Wildman–Crippen LogP) is 1.07. The molecule has 4 heteroatoms. The molecule has 2 heterocycles. The minimum atomic E-state index is 0.624. The first-order valence-electron chi connectivity index (χ1n) is 4.56. The molecule has 74 valence electrons. The fourth-order valence-electron chi connectivity index (χ4n) is 1.52. The Bertz CT molecular complexity index is 436. The van der Waals surface area contributed by atoms with Crippen LogP contribution in [0.25, 0.3) is 11.0 Å². The highest BCUT2D eigenvalue weighted by Crippen LogP contribution is 2.19. The van der Waals surface area contributed by atoms with Gasteiger partial charge in [-0.2, -0.15) is 4.98 Å². The molecule has 0 unspecified atom stereocenters. The van der Waals surface area contributed by atoms with Crippen molar-refractivity contribution in [3.63, 3.8) is 0 Å². The number of H-pyrrole nitrogens is 1. The van der Waals surface area contributed by atoms with Gasteiger partial charge in [0.25, 0.3) is 0 Å². The van der Waals surface area contributed by atoms with Crippen molar-refractivity contribution in [2.45, 2.75) is 6.42 Å². The van der Waals surface area contributed by atoms with E-state index in [1.165, 1.54) is 5.56 Å². The lowest BCUT2D eigenvalue weighted by atomic mass is 10.1. The summed E-state index contributed by atoms with van der Waals surface area (Å²) in [6, 6.07) is 3.86. The van der Waals surface area contributed by atoms with Gasteiger partial charge in [-0.3, -0.25) is 0 Å². The van der Waals surface area contributed by atoms with Crippen molar-refractivity contribution in [1.82, 2.24) is 9.97 Å². The van der Waals surface area contributed by atoms with E-state index < -0.39 is 0 Å². The summed E-state index contributed by atoms with van der Waals surface area (Å²) in [6.07, 6.45) is 2.82. The minimum absolute atomic E-state index is 0.624. The molecule has 2 aromatic heterocycles. The zero-order chi connectivity index (χ0) is 9.97. The van der Waals surface area contributed by atoms with Gasteiger partial charge >= 0.3 is 0 Å². The van der Waals surface area contributed by atoms with Gasteiger partial charge in [-0.1, -0.05) is 0 Å². The van der Waals surface area contributed by atoms with Gasteiger partial charge in [-0.25, -0.2) is 0 Å². The normalized spacial score (nSPS) is 10.7. The van der Waals surface area contributed by atoms with Crippen LogP contribution in [0.2, 0.25) is 0 Å². The molecule has 0 aliphatic carbocycles. The Morgan fingerprint density at radius 3 is 3.07 bits per heavy atom. The summed E-state index contributed by atoms with van der Waals surface area (Å²) in [7, 11) is 1.61. The van der Waals surface area contributed by atoms with Crippen molar-refractivity contribution < 1.29 is 4.74 Å². The Kier molecular flexibility index (Phi) is 2.37. The number of nitrogens with two attached hydrogens (primary N) is 1. The van der Waals surface area contributed by atoms with Gasteiger partial charge in [0, 0.05) is 17.6 Å². The van der Waals surface area contributed by atoms with Gasteiger partial charge < -0.3 is 15.5 Å². The average Bonchev–Trinajstić information content (AvgIpc) is 2.61. The molecule has 3 N–H and O–H groups in total. The van der Waals surface area contributed by atoms with Gasteiger partial charge in [-0.15, -0.1) is 0 Å². The highest BCUT2D eigenvalue weighted by molar-refractivity contribution is 5.80. The molecule has 0 atom stereocenters. The van der Waals surface area contributed by atoms with Crippen molar-refractivity contribution >= 4 is 11.0 Å². The molecule has 0 bridgehead atoms. The number of hydrogen-bond acceptors (Lipinski definition) is 3. The van der Waals surface area contributed by atoms with Gasteiger partial charge in [0.05, 0.1) is 7.11 Å². The van der Waals surface area contributed by atoms with E-state index in [9.17, 15) is 0 Å². The maximum Gasteiger partial charge on any atom is 0.214 e. The molecule has 2 aromatic rings. The van der Waals surface area contributed by atoms with Crippen LogP contribution < -0.4 is 10.5 Å². The molecular formula is C10H13N3O. The average molecular weight is 191 g/mol. The predicted molar refractivity (Wildman–Crippen MR) is 55.4 cm³/mol. The van der Waals surface area contributed by atoms with Gasteiger partial charge in [0.1, 0.15) is 5.65 Å². The van der Waals surface area contributed by atoms with Gasteiger partial charge in [-0.05, 0) is 24.6 Å². The summed E-state index contributed by atoms with van der Waals surface area (Å²) < 4.78 is 5.04. The summed E-state index contributed by atoms with van der Waals surface area (Å²) in [6.45, 7) is 0.652. The van der Waals surface area contributed by atoms with Crippen LogP contribution in [0.3, 0.4) is 0 Å². The first-order chi connectivity index (χ1) is 6.85. The lowest BCUT2D eigenvalue weighted by Gasteiger charge is -1.98. The van der Waals surface area contributed by atoms with Crippen molar-refractivity contribution in [2.24, 2.45) is 5.73 Å². The molecule has 0 saturated carbocycles. The Hall–Kier alpha value is -1.55. The molecule has 4 nitrogen and oxygen atoms in total. The van der Waals surface area contributed by atoms with Crippen molar-refractivity contribution in [2.75, 3.05) is 13.7 Å². The summed E-state index contributed by atoms with van der Waals surface area (Å²) in [5.41, 5.74) is 7.57. The standard InChI is InChI=1S/C10H13N3O/c1-14-9-3-2-8-7(4-5-11)6-12-10(8)13-9/h2-3,6H,4-5,11H2,1H3,(H,12,13). The molecule has 0 spiro atoms. The van der Waals surface area contributed by atoms with E-state index in [0.717, 1.165) is 17.5 Å². The first-order valence-corrected chi connectivity index (χ1v) is 4.56. The van der Waals surface area contributed by atoms with Crippen LogP contribution in [-0.2, 0) is 6.42 Å². The fraction of sp³-hybridized carbons (Fsp3) is 0.300. The Morgan fingerprint density at radius 2 is 2.36 bits per heavy atom. The molecule has 2 rings (SSSR count). The number of aromatic amines is 1. The topological polar surface area (TPSA) is 63.9 Å². The molecule has 0 amide bonds. The van der Waals surface area contributed by atoms with Crippen molar-refractivity contribution in [3.05, 3.63) is 23.9 Å². The number of rotatable bonds is 3. The molecule has 0 saturated heterocycles. The first kappa shape index (κ1) is 9.02. The zero-order valence-electron chi connectivity index (χ0n) is 8.08. The Labute approximate surface area is 82.1 Å². The SMILES string of the molecule is COc1ccc2c(CCN)c[nH]c2n1. The Balaban J connectivity index is 2.48. The van der Waals surface area contributed by atoms with E-state index in [0.29, 0.717) is 12.4 Å². The third-order valence-electron chi connectivity index (χ3n) is 2.22. The summed E-state index contributed by atoms with van der Waals surface area (Å²) in [4.78, 5) is 7.38. The maximum atomic E-state index is 5.51. The monoisotopic (exact) mass is 191 g/mol. The highest BCUT2D eigenvalue weighted by atomic mass is 16.5. The van der Waals surface area contributed by atoms with E-state index in [2.05, 4.69) is 9.97 Å². The quantitative estimate of drug-likeness (QED) is 0.762. The van der Waals surface area contributed by atoms with E-state index in [-0.39, 0.29) is 0 Å². The van der Waals surface area contributed by atoms with Crippen LogP contribution >= 0.6 is 0 Å². The lowest BCUT2D eigenvalue weighted by Crippen LogP contribution is -2.01. The Morgan fingerprint density at radius 1 is 1.50 bits per heavy atom. The number of pyridine rings is 1. The van der Waals surface area contributed by atoms with E-state index in [1.54, 1.807) is 7.11 Å². The molecule has 0 aromatic carbocycles. The summed E-state index contributed by atoms with van der Waals surface area (Å²) in [5.74, 6) is 0.624. The number of ether oxygens (including phenoxy) is 1. The molecular weight excluding hydrogens is 178 g/mol. The molecule has 0 radical (unpaired) electrons. The maximum absolute atomic E-state index is 5.51. The number of nitrogens with one attached hydrogen (secondary N) is 1. The highest BCUT2D eigenvalue weighted by Gasteiger charge is 2.04. The molecule has 14 heavy (non-hydrogen) atoms. The number of aromatic nitrogens is 2. The second-order valence-electron chi connectivity index (χ2n) is 3.10. The van der Waals surface area contributed by atoms with Gasteiger partial charge in [0.2, 0.25) is 5.88 Å². The van der Waals surface area contributed by atoms with Crippen LogP contribution in [-0.4, -0.2) is 23.6 Å². The molecule has 0 aliphatic heterocycles. The van der Waals surface area contributed by atoms with Crippen LogP contribution in [0.15, 0.2) is 18.3 Å². The lowest BCUT2D eigenvalue weighted by molar-refractivity contribution is 0.399. The third kappa shape index (κ3) is 1.44. The van der Waals surface area contributed by atoms with Crippen molar-refractivity contribution in [3.8, 4) is 5.88 Å². The second kappa shape index (κ2) is 3.67. The number of nitrogens with zero attached hydrogens (tertiary/aromatic N) is 1. The zero-order valence-corrected chi connectivity index (χ0v) is 8.08. The van der Waals surface area contributed by atoms with Crippen molar-refractivity contribution in [1.29, 1.82) is 0 Å². The number of methoxy groups -OCH3 is 1. The van der Waals surface area contributed by atoms with E-state index >= 15 is 0 Å². The van der Waals surface area contributed by atoms with Gasteiger partial charge in [0.15, 0.2) is 0 Å². The number of hydrogen-bond donors (Lipinski definition) is 2. The van der Waals surface area contributed by atoms with Crippen LogP contribution in [0.4, 0.5) is 0 Å². The van der Waals surface area contributed by atoms with Crippen LogP contribution in [0.1, 0.15) is 5.56 Å². The minimum Gasteiger partial charge on any atom is -0.481 e. The smallest absolute Gasteiger partial charge is 0.214 e. The number of fused-ring (bicyclic) bond motifs is 1. The van der Waals surface area contributed by atoms with E-state index in [4.69, 9.17) is 10.5 Å².